The fourth-order valence-corrected chi connectivity index (χ4v) is 4.89. The first-order valence-corrected chi connectivity index (χ1v) is 8.66. The monoisotopic (exact) mass is 296 g/mol. The van der Waals surface area contributed by atoms with Gasteiger partial charge in [-0.15, -0.1) is 0 Å². The summed E-state index contributed by atoms with van der Waals surface area (Å²) in [6.45, 7) is 6.82. The number of hydrogen-bond acceptors (Lipinski definition) is 3. The van der Waals surface area contributed by atoms with Gasteiger partial charge in [-0.2, -0.15) is 4.31 Å². The molecule has 1 aliphatic heterocycles. The smallest absolute Gasteiger partial charge is 0.243 e. The number of nitrogen functional groups attached to an aromatic ring is 1. The lowest BCUT2D eigenvalue weighted by molar-refractivity contribution is 0.423. The highest BCUT2D eigenvalue weighted by molar-refractivity contribution is 7.89. The molecule has 2 rings (SSSR count). The Hall–Kier alpha value is -1.07. The molecule has 0 amide bonds. The Balaban J connectivity index is 2.54. The molecule has 0 unspecified atom stereocenters. The van der Waals surface area contributed by atoms with Gasteiger partial charge in [0, 0.05) is 18.8 Å². The van der Waals surface area contributed by atoms with E-state index in [1.165, 1.54) is 0 Å². The van der Waals surface area contributed by atoms with Crippen molar-refractivity contribution in [1.82, 2.24) is 4.31 Å². The molecule has 2 N–H and O–H groups in total. The van der Waals surface area contributed by atoms with Crippen molar-refractivity contribution in [2.75, 3.05) is 18.8 Å². The molecule has 1 aromatic carbocycles. The molecular formula is C15H24N2O2S. The van der Waals surface area contributed by atoms with E-state index in [1.54, 1.807) is 11.2 Å². The summed E-state index contributed by atoms with van der Waals surface area (Å²) in [4.78, 5) is 0.414. The molecule has 0 aromatic heterocycles. The van der Waals surface area contributed by atoms with E-state index in [9.17, 15) is 8.42 Å². The molecule has 0 aliphatic carbocycles. The fourth-order valence-electron chi connectivity index (χ4n) is 2.84. The zero-order valence-corrected chi connectivity index (χ0v) is 13.4. The fraction of sp³-hybridized carbons (Fsp3) is 0.600. The highest BCUT2D eigenvalue weighted by atomic mass is 32.2. The molecule has 0 radical (unpaired) electrons. The van der Waals surface area contributed by atoms with Crippen molar-refractivity contribution in [2.45, 2.75) is 51.3 Å². The number of sulfonamides is 1. The highest BCUT2D eigenvalue weighted by Crippen LogP contribution is 2.31. The van der Waals surface area contributed by atoms with Crippen molar-refractivity contribution in [3.63, 3.8) is 0 Å². The number of anilines is 1. The predicted molar refractivity (Wildman–Crippen MR) is 82.3 cm³/mol. The van der Waals surface area contributed by atoms with Crippen LogP contribution in [0.4, 0.5) is 5.69 Å². The van der Waals surface area contributed by atoms with E-state index in [1.807, 2.05) is 19.9 Å². The second-order valence-electron chi connectivity index (χ2n) is 5.68. The third-order valence-corrected chi connectivity index (χ3v) is 6.41. The molecule has 4 nitrogen and oxygen atoms in total. The molecule has 0 saturated carbocycles. The normalized spacial score (nSPS) is 17.9. The Labute approximate surface area is 122 Å². The van der Waals surface area contributed by atoms with Crippen LogP contribution in [0.3, 0.4) is 0 Å². The van der Waals surface area contributed by atoms with E-state index < -0.39 is 10.0 Å². The van der Waals surface area contributed by atoms with Gasteiger partial charge in [0.25, 0.3) is 0 Å². The van der Waals surface area contributed by atoms with Crippen LogP contribution in [0.25, 0.3) is 0 Å². The average Bonchev–Trinajstić information content (AvgIpc) is 2.65. The van der Waals surface area contributed by atoms with E-state index in [-0.39, 0.29) is 0 Å². The van der Waals surface area contributed by atoms with Gasteiger partial charge in [-0.05, 0) is 56.4 Å². The van der Waals surface area contributed by atoms with E-state index >= 15 is 0 Å². The van der Waals surface area contributed by atoms with Crippen molar-refractivity contribution in [1.29, 1.82) is 0 Å². The third-order valence-electron chi connectivity index (χ3n) is 4.24. The zero-order chi connectivity index (χ0) is 14.9. The lowest BCUT2D eigenvalue weighted by atomic mass is 10.1. The van der Waals surface area contributed by atoms with E-state index in [4.69, 9.17) is 5.73 Å². The summed E-state index contributed by atoms with van der Waals surface area (Å²) in [5.41, 5.74) is 8.95. The topological polar surface area (TPSA) is 63.4 Å². The van der Waals surface area contributed by atoms with Crippen LogP contribution in [0, 0.1) is 20.8 Å². The maximum absolute atomic E-state index is 13.0. The molecule has 1 aromatic rings. The SMILES string of the molecule is Cc1cc(N)c(C)c(S(=O)(=O)N2CCCCCC2)c1C. The van der Waals surface area contributed by atoms with Crippen LogP contribution >= 0.6 is 0 Å². The maximum Gasteiger partial charge on any atom is 0.243 e. The molecule has 112 valence electrons. The lowest BCUT2D eigenvalue weighted by Gasteiger charge is -2.23. The molecule has 1 aliphatic rings. The summed E-state index contributed by atoms with van der Waals surface area (Å²) >= 11 is 0. The Morgan fingerprint density at radius 1 is 1.00 bits per heavy atom. The van der Waals surface area contributed by atoms with Crippen LogP contribution in [-0.2, 0) is 10.0 Å². The minimum absolute atomic E-state index is 0.414. The number of benzene rings is 1. The largest absolute Gasteiger partial charge is 0.398 e. The summed E-state index contributed by atoms with van der Waals surface area (Å²) in [5, 5.41) is 0. The van der Waals surface area contributed by atoms with E-state index in [2.05, 4.69) is 0 Å². The van der Waals surface area contributed by atoms with Gasteiger partial charge in [-0.1, -0.05) is 12.8 Å². The molecular weight excluding hydrogens is 272 g/mol. The average molecular weight is 296 g/mol. The lowest BCUT2D eigenvalue weighted by Crippen LogP contribution is -2.33. The second kappa shape index (κ2) is 5.74. The van der Waals surface area contributed by atoms with Gasteiger partial charge in [-0.3, -0.25) is 0 Å². The first kappa shape index (κ1) is 15.3. The van der Waals surface area contributed by atoms with Crippen molar-refractivity contribution in [3.8, 4) is 0 Å². The first-order chi connectivity index (χ1) is 9.35. The van der Waals surface area contributed by atoms with Crippen molar-refractivity contribution < 1.29 is 8.42 Å². The van der Waals surface area contributed by atoms with E-state index in [0.29, 0.717) is 29.2 Å². The van der Waals surface area contributed by atoms with Crippen LogP contribution in [-0.4, -0.2) is 25.8 Å². The number of aryl methyl sites for hydroxylation is 1. The van der Waals surface area contributed by atoms with Crippen molar-refractivity contribution >= 4 is 15.7 Å². The Kier molecular flexibility index (Phi) is 4.39. The standard InChI is InChI=1S/C15H24N2O2S/c1-11-10-14(16)13(3)15(12(11)2)20(18,19)17-8-6-4-5-7-9-17/h10H,4-9,16H2,1-3H3. The van der Waals surface area contributed by atoms with Crippen LogP contribution < -0.4 is 5.73 Å². The van der Waals surface area contributed by atoms with Gasteiger partial charge in [0.2, 0.25) is 10.0 Å². The second-order valence-corrected chi connectivity index (χ2v) is 7.55. The van der Waals surface area contributed by atoms with Crippen molar-refractivity contribution in [2.24, 2.45) is 0 Å². The molecule has 0 bridgehead atoms. The summed E-state index contributed by atoms with van der Waals surface area (Å²) < 4.78 is 27.5. The van der Waals surface area contributed by atoms with Crippen LogP contribution in [0.5, 0.6) is 0 Å². The Bertz CT molecular complexity index is 575. The minimum Gasteiger partial charge on any atom is -0.398 e. The Morgan fingerprint density at radius 2 is 1.55 bits per heavy atom. The molecule has 0 spiro atoms. The first-order valence-electron chi connectivity index (χ1n) is 7.22. The summed E-state index contributed by atoms with van der Waals surface area (Å²) in [7, 11) is -3.44. The molecule has 0 atom stereocenters. The maximum atomic E-state index is 13.0. The van der Waals surface area contributed by atoms with Crippen LogP contribution in [0.15, 0.2) is 11.0 Å². The van der Waals surface area contributed by atoms with Gasteiger partial charge in [0.15, 0.2) is 0 Å². The minimum atomic E-state index is -3.44. The Morgan fingerprint density at radius 3 is 2.10 bits per heavy atom. The van der Waals surface area contributed by atoms with Crippen molar-refractivity contribution in [3.05, 3.63) is 22.8 Å². The molecule has 1 saturated heterocycles. The summed E-state index contributed by atoms with van der Waals surface area (Å²) in [5.74, 6) is 0. The van der Waals surface area contributed by atoms with Crippen LogP contribution in [0.1, 0.15) is 42.4 Å². The molecule has 1 heterocycles. The summed E-state index contributed by atoms with van der Waals surface area (Å²) in [6.07, 6.45) is 4.11. The third kappa shape index (κ3) is 2.69. The molecule has 1 fully saturated rings. The highest BCUT2D eigenvalue weighted by Gasteiger charge is 2.29. The number of rotatable bonds is 2. The van der Waals surface area contributed by atoms with Gasteiger partial charge < -0.3 is 5.73 Å². The molecule has 20 heavy (non-hydrogen) atoms. The van der Waals surface area contributed by atoms with Gasteiger partial charge in [0.1, 0.15) is 0 Å². The van der Waals surface area contributed by atoms with E-state index in [0.717, 1.165) is 36.8 Å². The summed E-state index contributed by atoms with van der Waals surface area (Å²) in [6, 6.07) is 1.85. The van der Waals surface area contributed by atoms with Gasteiger partial charge >= 0.3 is 0 Å². The predicted octanol–water partition coefficient (Wildman–Crippen LogP) is 2.76. The number of hydrogen-bond donors (Lipinski definition) is 1. The van der Waals surface area contributed by atoms with Crippen LogP contribution in [0.2, 0.25) is 0 Å². The zero-order valence-electron chi connectivity index (χ0n) is 12.6. The van der Waals surface area contributed by atoms with Gasteiger partial charge in [-0.25, -0.2) is 8.42 Å². The number of nitrogens with zero attached hydrogens (tertiary/aromatic N) is 1. The van der Waals surface area contributed by atoms with Gasteiger partial charge in [0.05, 0.1) is 4.90 Å². The quantitative estimate of drug-likeness (QED) is 0.854. The molecule has 5 heteroatoms. The number of nitrogens with two attached hydrogens (primary N) is 1.